The summed E-state index contributed by atoms with van der Waals surface area (Å²) in [7, 11) is 0. The number of hydrogen-bond acceptors (Lipinski definition) is 4. The first-order valence-electron chi connectivity index (χ1n) is 8.91. The van der Waals surface area contributed by atoms with E-state index in [1.54, 1.807) is 0 Å². The first-order chi connectivity index (χ1) is 10.2. The number of nitrogens with zero attached hydrogens (tertiary/aromatic N) is 2. The lowest BCUT2D eigenvalue weighted by Crippen LogP contribution is -2.39. The lowest BCUT2D eigenvalue weighted by molar-refractivity contribution is 0.0959. The summed E-state index contributed by atoms with van der Waals surface area (Å²) in [6, 6.07) is 0.678. The molecule has 0 amide bonds. The van der Waals surface area contributed by atoms with Crippen LogP contribution in [0.1, 0.15) is 46.5 Å². The van der Waals surface area contributed by atoms with Gasteiger partial charge in [0.2, 0.25) is 0 Å². The minimum absolute atomic E-state index is 0.678. The number of nitrogens with two attached hydrogens (primary N) is 1. The molecular weight excluding hydrogens is 262 g/mol. The Morgan fingerprint density at radius 1 is 1.05 bits per heavy atom. The fraction of sp³-hybridized carbons (Fsp3) is 1.00. The highest BCUT2D eigenvalue weighted by Crippen LogP contribution is 2.12. The largest absolute Gasteiger partial charge is 0.380 e. The van der Waals surface area contributed by atoms with Gasteiger partial charge in [-0.05, 0) is 51.2 Å². The number of ether oxygens (including phenoxy) is 1. The van der Waals surface area contributed by atoms with Gasteiger partial charge in [0.1, 0.15) is 0 Å². The quantitative estimate of drug-likeness (QED) is 0.628. The Morgan fingerprint density at radius 3 is 2.52 bits per heavy atom. The molecule has 1 aliphatic heterocycles. The van der Waals surface area contributed by atoms with Gasteiger partial charge in [0.25, 0.3) is 0 Å². The molecule has 1 saturated heterocycles. The maximum Gasteiger partial charge on any atom is 0.0593 e. The lowest BCUT2D eigenvalue weighted by Gasteiger charge is -2.29. The van der Waals surface area contributed by atoms with Crippen LogP contribution in [0.5, 0.6) is 0 Å². The summed E-state index contributed by atoms with van der Waals surface area (Å²) in [5, 5.41) is 0. The highest BCUT2D eigenvalue weighted by molar-refractivity contribution is 4.76. The van der Waals surface area contributed by atoms with E-state index in [1.165, 1.54) is 45.4 Å². The molecule has 126 valence electrons. The minimum Gasteiger partial charge on any atom is -0.380 e. The van der Waals surface area contributed by atoms with E-state index < -0.39 is 0 Å². The normalized spacial score (nSPS) is 19.9. The molecule has 1 fully saturated rings. The van der Waals surface area contributed by atoms with Crippen LogP contribution in [0.4, 0.5) is 0 Å². The Balaban J connectivity index is 2.19. The van der Waals surface area contributed by atoms with Crippen molar-refractivity contribution in [2.45, 2.75) is 52.5 Å². The van der Waals surface area contributed by atoms with Crippen molar-refractivity contribution in [1.29, 1.82) is 0 Å². The highest BCUT2D eigenvalue weighted by Gasteiger charge is 2.20. The van der Waals surface area contributed by atoms with Crippen LogP contribution in [0.15, 0.2) is 0 Å². The molecule has 1 aliphatic rings. The Labute approximate surface area is 132 Å². The predicted octanol–water partition coefficient (Wildman–Crippen LogP) is 2.18. The molecule has 2 N–H and O–H groups in total. The molecule has 1 rings (SSSR count). The molecule has 0 aromatic rings. The second kappa shape index (κ2) is 11.4. The van der Waals surface area contributed by atoms with Crippen LogP contribution in [0.3, 0.4) is 0 Å². The third kappa shape index (κ3) is 8.15. The SMILES string of the molecule is CCC(CCN)N1CCCN(CCOCCC(C)C)CC1. The highest BCUT2D eigenvalue weighted by atomic mass is 16.5. The molecule has 0 aromatic carbocycles. The van der Waals surface area contributed by atoms with E-state index >= 15 is 0 Å². The van der Waals surface area contributed by atoms with E-state index in [0.29, 0.717) is 6.04 Å². The van der Waals surface area contributed by atoms with Crippen LogP contribution in [-0.4, -0.2) is 68.3 Å². The summed E-state index contributed by atoms with van der Waals surface area (Å²) in [5.41, 5.74) is 5.74. The van der Waals surface area contributed by atoms with Crippen LogP contribution in [0, 0.1) is 5.92 Å². The Kier molecular flexibility index (Phi) is 10.3. The van der Waals surface area contributed by atoms with Gasteiger partial charge >= 0.3 is 0 Å². The van der Waals surface area contributed by atoms with Gasteiger partial charge in [-0.15, -0.1) is 0 Å². The lowest BCUT2D eigenvalue weighted by atomic mass is 10.1. The molecule has 0 radical (unpaired) electrons. The average molecular weight is 300 g/mol. The van der Waals surface area contributed by atoms with Crippen molar-refractivity contribution in [3.8, 4) is 0 Å². The zero-order chi connectivity index (χ0) is 15.5. The zero-order valence-electron chi connectivity index (χ0n) is 14.5. The van der Waals surface area contributed by atoms with Crippen molar-refractivity contribution >= 4 is 0 Å². The van der Waals surface area contributed by atoms with Crippen LogP contribution in [-0.2, 0) is 4.74 Å². The third-order valence-electron chi connectivity index (χ3n) is 4.50. The Bertz CT molecular complexity index is 248. The first kappa shape index (κ1) is 18.9. The maximum absolute atomic E-state index is 5.75. The molecule has 4 heteroatoms. The molecule has 1 heterocycles. The molecule has 0 aliphatic carbocycles. The van der Waals surface area contributed by atoms with Gasteiger partial charge in [-0.1, -0.05) is 20.8 Å². The second-order valence-electron chi connectivity index (χ2n) is 6.67. The third-order valence-corrected chi connectivity index (χ3v) is 4.50. The molecule has 0 saturated carbocycles. The molecular formula is C17H37N3O. The van der Waals surface area contributed by atoms with E-state index in [9.17, 15) is 0 Å². The molecule has 21 heavy (non-hydrogen) atoms. The Morgan fingerprint density at radius 2 is 1.86 bits per heavy atom. The minimum atomic E-state index is 0.678. The number of hydrogen-bond donors (Lipinski definition) is 1. The van der Waals surface area contributed by atoms with Gasteiger partial charge in [0, 0.05) is 32.3 Å². The summed E-state index contributed by atoms with van der Waals surface area (Å²) >= 11 is 0. The molecule has 0 bridgehead atoms. The summed E-state index contributed by atoms with van der Waals surface area (Å²) in [5.74, 6) is 0.741. The molecule has 4 nitrogen and oxygen atoms in total. The van der Waals surface area contributed by atoms with E-state index in [2.05, 4.69) is 30.6 Å². The van der Waals surface area contributed by atoms with Crippen molar-refractivity contribution in [1.82, 2.24) is 9.80 Å². The van der Waals surface area contributed by atoms with Crippen molar-refractivity contribution in [3.63, 3.8) is 0 Å². The van der Waals surface area contributed by atoms with Gasteiger partial charge in [-0.3, -0.25) is 9.80 Å². The summed E-state index contributed by atoms with van der Waals surface area (Å²) < 4.78 is 5.75. The van der Waals surface area contributed by atoms with Gasteiger partial charge in [-0.2, -0.15) is 0 Å². The average Bonchev–Trinajstić information content (AvgIpc) is 2.70. The van der Waals surface area contributed by atoms with Gasteiger partial charge in [0.05, 0.1) is 6.61 Å². The zero-order valence-corrected chi connectivity index (χ0v) is 14.5. The fourth-order valence-corrected chi connectivity index (χ4v) is 3.03. The Hall–Kier alpha value is -0.160. The number of rotatable bonds is 10. The standard InChI is InChI=1S/C17H37N3O/c1-4-17(6-8-18)20-10-5-9-19(11-12-20)13-15-21-14-7-16(2)3/h16-17H,4-15,18H2,1-3H3. The smallest absolute Gasteiger partial charge is 0.0593 e. The molecule has 0 spiro atoms. The molecule has 1 unspecified atom stereocenters. The van der Waals surface area contributed by atoms with Crippen molar-refractivity contribution in [2.75, 3.05) is 52.5 Å². The van der Waals surface area contributed by atoms with Crippen LogP contribution < -0.4 is 5.73 Å². The van der Waals surface area contributed by atoms with E-state index in [4.69, 9.17) is 10.5 Å². The van der Waals surface area contributed by atoms with Crippen LogP contribution in [0.2, 0.25) is 0 Å². The fourth-order valence-electron chi connectivity index (χ4n) is 3.03. The first-order valence-corrected chi connectivity index (χ1v) is 8.91. The van der Waals surface area contributed by atoms with E-state index in [0.717, 1.165) is 38.6 Å². The van der Waals surface area contributed by atoms with Crippen molar-refractivity contribution in [2.24, 2.45) is 11.7 Å². The summed E-state index contributed by atoms with van der Waals surface area (Å²) in [6.45, 7) is 15.3. The van der Waals surface area contributed by atoms with Crippen molar-refractivity contribution in [3.05, 3.63) is 0 Å². The van der Waals surface area contributed by atoms with Crippen LogP contribution >= 0.6 is 0 Å². The molecule has 0 aromatic heterocycles. The maximum atomic E-state index is 5.75. The van der Waals surface area contributed by atoms with Crippen LogP contribution in [0.25, 0.3) is 0 Å². The second-order valence-corrected chi connectivity index (χ2v) is 6.67. The molecule has 1 atom stereocenters. The van der Waals surface area contributed by atoms with E-state index in [1.807, 2.05) is 0 Å². The van der Waals surface area contributed by atoms with Gasteiger partial charge in [0.15, 0.2) is 0 Å². The van der Waals surface area contributed by atoms with Gasteiger partial charge < -0.3 is 10.5 Å². The monoisotopic (exact) mass is 299 g/mol. The topological polar surface area (TPSA) is 41.7 Å². The summed E-state index contributed by atoms with van der Waals surface area (Å²) in [4.78, 5) is 5.21. The summed E-state index contributed by atoms with van der Waals surface area (Å²) in [6.07, 6.45) is 4.79. The predicted molar refractivity (Wildman–Crippen MR) is 90.7 cm³/mol. The van der Waals surface area contributed by atoms with Gasteiger partial charge in [-0.25, -0.2) is 0 Å². The van der Waals surface area contributed by atoms with Crippen molar-refractivity contribution < 1.29 is 4.74 Å². The van der Waals surface area contributed by atoms with E-state index in [-0.39, 0.29) is 0 Å².